The van der Waals surface area contributed by atoms with Crippen LogP contribution in [0.1, 0.15) is 22.3 Å². The molecule has 0 aliphatic carbocycles. The monoisotopic (exact) mass is 382 g/mol. The van der Waals surface area contributed by atoms with Crippen LogP contribution in [0.4, 0.5) is 9.18 Å². The summed E-state index contributed by atoms with van der Waals surface area (Å²) in [6.07, 6.45) is 3.24. The molecule has 146 valence electrons. The molecule has 4 N–H and O–H groups in total. The first-order valence-corrected chi connectivity index (χ1v) is 9.24. The summed E-state index contributed by atoms with van der Waals surface area (Å²) in [5.74, 6) is -1.01. The molecule has 0 radical (unpaired) electrons. The second kappa shape index (κ2) is 9.55. The third-order valence-corrected chi connectivity index (χ3v) is 4.40. The lowest BCUT2D eigenvalue weighted by Gasteiger charge is -2.08. The van der Waals surface area contributed by atoms with Gasteiger partial charge in [-0.15, -0.1) is 0 Å². The van der Waals surface area contributed by atoms with Crippen LogP contribution >= 0.6 is 0 Å². The summed E-state index contributed by atoms with van der Waals surface area (Å²) in [5, 5.41) is 9.36. The second-order valence-electron chi connectivity index (χ2n) is 6.38. The summed E-state index contributed by atoms with van der Waals surface area (Å²) in [6, 6.07) is 13.6. The Morgan fingerprint density at radius 2 is 1.61 bits per heavy atom. The SMILES string of the molecule is O=C(NCCCNC(=O)c1ccccc1F)NCCc1c[nH]c2ccccc12. The predicted molar refractivity (Wildman–Crippen MR) is 107 cm³/mol. The van der Waals surface area contributed by atoms with Crippen molar-refractivity contribution in [2.24, 2.45) is 0 Å². The lowest BCUT2D eigenvalue weighted by Crippen LogP contribution is -2.38. The minimum absolute atomic E-state index is 0.0190. The van der Waals surface area contributed by atoms with Crippen molar-refractivity contribution in [1.29, 1.82) is 0 Å². The number of nitrogens with one attached hydrogen (secondary N) is 4. The molecule has 3 rings (SSSR count). The molecule has 2 aromatic carbocycles. The summed E-state index contributed by atoms with van der Waals surface area (Å²) in [5.41, 5.74) is 2.26. The lowest BCUT2D eigenvalue weighted by molar-refractivity contribution is 0.0949. The highest BCUT2D eigenvalue weighted by Gasteiger charge is 2.09. The number of amides is 3. The molecular formula is C21H23FN4O2. The maximum absolute atomic E-state index is 13.5. The van der Waals surface area contributed by atoms with E-state index < -0.39 is 11.7 Å². The number of rotatable bonds is 8. The molecule has 28 heavy (non-hydrogen) atoms. The van der Waals surface area contributed by atoms with Crippen molar-refractivity contribution in [2.45, 2.75) is 12.8 Å². The number of hydrogen-bond acceptors (Lipinski definition) is 2. The molecule has 1 heterocycles. The van der Waals surface area contributed by atoms with E-state index in [0.717, 1.165) is 22.9 Å². The minimum Gasteiger partial charge on any atom is -0.361 e. The average molecular weight is 382 g/mol. The Hall–Kier alpha value is -3.35. The van der Waals surface area contributed by atoms with Gasteiger partial charge in [0.15, 0.2) is 0 Å². The predicted octanol–water partition coefficient (Wildman–Crippen LogP) is 2.97. The van der Waals surface area contributed by atoms with E-state index in [1.807, 2.05) is 24.4 Å². The van der Waals surface area contributed by atoms with Gasteiger partial charge in [-0.05, 0) is 36.6 Å². The maximum atomic E-state index is 13.5. The van der Waals surface area contributed by atoms with E-state index in [-0.39, 0.29) is 11.6 Å². The number of para-hydroxylation sites is 1. The van der Waals surface area contributed by atoms with Crippen molar-refractivity contribution in [1.82, 2.24) is 20.9 Å². The Kier molecular flexibility index (Phi) is 6.62. The third kappa shape index (κ3) is 5.09. The second-order valence-corrected chi connectivity index (χ2v) is 6.38. The van der Waals surface area contributed by atoms with E-state index in [2.05, 4.69) is 27.0 Å². The summed E-state index contributed by atoms with van der Waals surface area (Å²) >= 11 is 0. The van der Waals surface area contributed by atoms with Crippen molar-refractivity contribution >= 4 is 22.8 Å². The molecule has 6 nitrogen and oxygen atoms in total. The number of urea groups is 1. The fourth-order valence-electron chi connectivity index (χ4n) is 2.94. The Bertz CT molecular complexity index is 954. The van der Waals surface area contributed by atoms with Gasteiger partial charge in [0.05, 0.1) is 5.56 Å². The standard InChI is InChI=1S/C21H23FN4O2/c22-18-8-3-1-7-17(18)20(27)23-11-5-12-24-21(28)25-13-10-15-14-26-19-9-4-2-6-16(15)19/h1-4,6-9,14,26H,5,10-13H2,(H,23,27)(H2,24,25,28). The van der Waals surface area contributed by atoms with Gasteiger partial charge in [-0.1, -0.05) is 30.3 Å². The van der Waals surface area contributed by atoms with Crippen LogP contribution in [0.3, 0.4) is 0 Å². The number of aromatic nitrogens is 1. The van der Waals surface area contributed by atoms with E-state index >= 15 is 0 Å². The van der Waals surface area contributed by atoms with Crippen LogP contribution in [0.2, 0.25) is 0 Å². The Balaban J connectivity index is 1.30. The largest absolute Gasteiger partial charge is 0.361 e. The zero-order valence-corrected chi connectivity index (χ0v) is 15.4. The highest BCUT2D eigenvalue weighted by atomic mass is 19.1. The van der Waals surface area contributed by atoms with Crippen molar-refractivity contribution in [3.05, 3.63) is 71.7 Å². The molecule has 0 aliphatic rings. The summed E-state index contributed by atoms with van der Waals surface area (Å²) in [7, 11) is 0. The van der Waals surface area contributed by atoms with Gasteiger partial charge in [-0.25, -0.2) is 9.18 Å². The van der Waals surface area contributed by atoms with Gasteiger partial charge in [-0.3, -0.25) is 4.79 Å². The van der Waals surface area contributed by atoms with E-state index in [1.54, 1.807) is 6.07 Å². The fourth-order valence-corrected chi connectivity index (χ4v) is 2.94. The summed E-state index contributed by atoms with van der Waals surface area (Å²) < 4.78 is 13.5. The van der Waals surface area contributed by atoms with Gasteiger partial charge in [0.1, 0.15) is 5.82 Å². The van der Waals surface area contributed by atoms with E-state index in [1.165, 1.54) is 18.2 Å². The van der Waals surface area contributed by atoms with Crippen molar-refractivity contribution < 1.29 is 14.0 Å². The van der Waals surface area contributed by atoms with Gasteiger partial charge in [0, 0.05) is 36.7 Å². The number of halogens is 1. The number of H-pyrrole nitrogens is 1. The van der Waals surface area contributed by atoms with Crippen LogP contribution in [0.5, 0.6) is 0 Å². The first kappa shape index (κ1) is 19.4. The van der Waals surface area contributed by atoms with Crippen molar-refractivity contribution in [2.75, 3.05) is 19.6 Å². The smallest absolute Gasteiger partial charge is 0.314 e. The van der Waals surface area contributed by atoms with Crippen LogP contribution in [-0.2, 0) is 6.42 Å². The molecule has 3 aromatic rings. The number of carbonyl (C=O) groups excluding carboxylic acids is 2. The topological polar surface area (TPSA) is 86.0 Å². The molecular weight excluding hydrogens is 359 g/mol. The zero-order valence-electron chi connectivity index (χ0n) is 15.4. The normalized spacial score (nSPS) is 10.6. The minimum atomic E-state index is -0.548. The molecule has 7 heteroatoms. The van der Waals surface area contributed by atoms with Gasteiger partial charge in [0.2, 0.25) is 0 Å². The highest BCUT2D eigenvalue weighted by molar-refractivity contribution is 5.94. The van der Waals surface area contributed by atoms with E-state index in [9.17, 15) is 14.0 Å². The maximum Gasteiger partial charge on any atom is 0.314 e. The Labute approximate surface area is 162 Å². The first-order chi connectivity index (χ1) is 13.6. The lowest BCUT2D eigenvalue weighted by atomic mass is 10.1. The van der Waals surface area contributed by atoms with E-state index in [0.29, 0.717) is 26.1 Å². The van der Waals surface area contributed by atoms with Crippen molar-refractivity contribution in [3.63, 3.8) is 0 Å². The van der Waals surface area contributed by atoms with E-state index in [4.69, 9.17) is 0 Å². The highest BCUT2D eigenvalue weighted by Crippen LogP contribution is 2.17. The van der Waals surface area contributed by atoms with Gasteiger partial charge >= 0.3 is 6.03 Å². The number of fused-ring (bicyclic) bond motifs is 1. The van der Waals surface area contributed by atoms with Crippen LogP contribution in [-0.4, -0.2) is 36.6 Å². The molecule has 0 spiro atoms. The first-order valence-electron chi connectivity index (χ1n) is 9.24. The van der Waals surface area contributed by atoms with Crippen LogP contribution in [0, 0.1) is 5.82 Å². The molecule has 0 unspecified atom stereocenters. The van der Waals surface area contributed by atoms with Crippen LogP contribution < -0.4 is 16.0 Å². The summed E-state index contributed by atoms with van der Waals surface area (Å²) in [6.45, 7) is 1.29. The number of aromatic amines is 1. The molecule has 0 fully saturated rings. The number of benzene rings is 2. The molecule has 0 saturated heterocycles. The van der Waals surface area contributed by atoms with Crippen LogP contribution in [0.25, 0.3) is 10.9 Å². The molecule has 0 atom stereocenters. The molecule has 0 bridgehead atoms. The number of carbonyl (C=O) groups is 2. The molecule has 0 saturated carbocycles. The number of hydrogen-bond donors (Lipinski definition) is 4. The fraction of sp³-hybridized carbons (Fsp3) is 0.238. The Morgan fingerprint density at radius 3 is 2.46 bits per heavy atom. The molecule has 3 amide bonds. The third-order valence-electron chi connectivity index (χ3n) is 4.40. The van der Waals surface area contributed by atoms with Gasteiger partial charge in [0.25, 0.3) is 5.91 Å². The quantitative estimate of drug-likeness (QED) is 0.452. The van der Waals surface area contributed by atoms with Crippen molar-refractivity contribution in [3.8, 4) is 0 Å². The van der Waals surface area contributed by atoms with Gasteiger partial charge < -0.3 is 20.9 Å². The Morgan fingerprint density at radius 1 is 0.893 bits per heavy atom. The van der Waals surface area contributed by atoms with Crippen LogP contribution in [0.15, 0.2) is 54.7 Å². The molecule has 1 aromatic heterocycles. The zero-order chi connectivity index (χ0) is 19.8. The molecule has 0 aliphatic heterocycles. The van der Waals surface area contributed by atoms with Gasteiger partial charge in [-0.2, -0.15) is 0 Å². The summed E-state index contributed by atoms with van der Waals surface area (Å²) in [4.78, 5) is 26.9. The average Bonchev–Trinajstić information content (AvgIpc) is 3.11.